The zero-order chi connectivity index (χ0) is 25.4. The molecule has 2 rings (SSSR count). The van der Waals surface area contributed by atoms with Gasteiger partial charge < -0.3 is 34.6 Å². The number of fused-ring (bicyclic) bond motifs is 1. The molecule has 4 amide bonds. The van der Waals surface area contributed by atoms with E-state index in [0.29, 0.717) is 30.1 Å². The van der Waals surface area contributed by atoms with Gasteiger partial charge in [-0.3, -0.25) is 9.59 Å². The highest BCUT2D eigenvalue weighted by molar-refractivity contribution is 5.99. The Morgan fingerprint density at radius 1 is 1.21 bits per heavy atom. The lowest BCUT2D eigenvalue weighted by atomic mass is 10.0. The molecule has 1 aromatic carbocycles. The van der Waals surface area contributed by atoms with Crippen molar-refractivity contribution in [3.63, 3.8) is 0 Å². The average Bonchev–Trinajstić information content (AvgIpc) is 2.77. The topological polar surface area (TPSA) is 109 Å². The minimum Gasteiger partial charge on any atom is -0.491 e. The third-order valence-corrected chi connectivity index (χ3v) is 5.71. The molecular weight excluding hydrogens is 440 g/mol. The van der Waals surface area contributed by atoms with Gasteiger partial charge in [-0.25, -0.2) is 4.79 Å². The van der Waals surface area contributed by atoms with Gasteiger partial charge in [0, 0.05) is 52.0 Å². The lowest BCUT2D eigenvalue weighted by molar-refractivity contribution is -0.139. The number of carbonyl (C=O) groups excluding carboxylic acids is 3. The number of rotatable bonds is 5. The summed E-state index contributed by atoms with van der Waals surface area (Å²) in [6.45, 7) is 8.52. The van der Waals surface area contributed by atoms with Gasteiger partial charge in [0.2, 0.25) is 5.91 Å². The van der Waals surface area contributed by atoms with Gasteiger partial charge in [0.15, 0.2) is 0 Å². The summed E-state index contributed by atoms with van der Waals surface area (Å²) in [6.07, 6.45) is -0.291. The molecular formula is C24H38N4O6. The summed E-state index contributed by atoms with van der Waals surface area (Å²) < 4.78 is 16.8. The SMILES string of the molecule is COCC(=O)N1C[C@H](C)[C@H](OC)CN(C)C(=O)c2cc(NC(=O)NC(C)C)ccc2OC[C@H]1C. The Morgan fingerprint density at radius 2 is 1.91 bits per heavy atom. The fourth-order valence-electron chi connectivity index (χ4n) is 3.84. The molecule has 0 unspecified atom stereocenters. The number of carbonyl (C=O) groups is 3. The summed E-state index contributed by atoms with van der Waals surface area (Å²) in [7, 11) is 4.78. The fourth-order valence-corrected chi connectivity index (χ4v) is 3.84. The Balaban J connectivity index is 2.41. The van der Waals surface area contributed by atoms with Crippen molar-refractivity contribution in [2.24, 2.45) is 5.92 Å². The largest absolute Gasteiger partial charge is 0.491 e. The van der Waals surface area contributed by atoms with Crippen molar-refractivity contribution >= 4 is 23.5 Å². The maximum absolute atomic E-state index is 13.4. The van der Waals surface area contributed by atoms with Crippen molar-refractivity contribution in [1.29, 1.82) is 0 Å². The quantitative estimate of drug-likeness (QED) is 0.672. The predicted octanol–water partition coefficient (Wildman–Crippen LogP) is 2.20. The van der Waals surface area contributed by atoms with Crippen LogP contribution < -0.4 is 15.4 Å². The highest BCUT2D eigenvalue weighted by Gasteiger charge is 2.30. The number of urea groups is 1. The van der Waals surface area contributed by atoms with Crippen LogP contribution in [-0.2, 0) is 14.3 Å². The van der Waals surface area contributed by atoms with E-state index in [0.717, 1.165) is 0 Å². The molecule has 0 aromatic heterocycles. The minimum absolute atomic E-state index is 0.0291. The number of nitrogens with one attached hydrogen (secondary N) is 2. The minimum atomic E-state index is -0.362. The van der Waals surface area contributed by atoms with E-state index in [4.69, 9.17) is 14.2 Å². The summed E-state index contributed by atoms with van der Waals surface area (Å²) in [5.74, 6) is -0.0641. The van der Waals surface area contributed by atoms with Crippen LogP contribution in [0.5, 0.6) is 5.75 Å². The van der Waals surface area contributed by atoms with E-state index in [2.05, 4.69) is 10.6 Å². The van der Waals surface area contributed by atoms with Crippen LogP contribution in [0, 0.1) is 5.92 Å². The van der Waals surface area contributed by atoms with Gasteiger partial charge in [-0.1, -0.05) is 6.92 Å². The second-order valence-corrected chi connectivity index (χ2v) is 9.04. The van der Waals surface area contributed by atoms with Crippen molar-refractivity contribution in [2.75, 3.05) is 52.9 Å². The van der Waals surface area contributed by atoms with Gasteiger partial charge in [0.25, 0.3) is 5.91 Å². The molecule has 0 bridgehead atoms. The van der Waals surface area contributed by atoms with Gasteiger partial charge >= 0.3 is 6.03 Å². The van der Waals surface area contributed by atoms with E-state index in [-0.39, 0.29) is 55.2 Å². The molecule has 1 heterocycles. The number of hydrogen-bond acceptors (Lipinski definition) is 6. The first-order chi connectivity index (χ1) is 16.1. The van der Waals surface area contributed by atoms with Crippen molar-refractivity contribution in [1.82, 2.24) is 15.1 Å². The normalized spacial score (nSPS) is 21.8. The van der Waals surface area contributed by atoms with Crippen molar-refractivity contribution in [2.45, 2.75) is 45.9 Å². The van der Waals surface area contributed by atoms with Crippen LogP contribution in [0.3, 0.4) is 0 Å². The summed E-state index contributed by atoms with van der Waals surface area (Å²) in [5, 5.41) is 5.51. The molecule has 0 saturated heterocycles. The number of hydrogen-bond donors (Lipinski definition) is 2. The number of anilines is 1. The van der Waals surface area contributed by atoms with Crippen LogP contribution in [0.25, 0.3) is 0 Å². The number of benzene rings is 1. The zero-order valence-corrected chi connectivity index (χ0v) is 21.2. The van der Waals surface area contributed by atoms with Crippen LogP contribution in [0.2, 0.25) is 0 Å². The van der Waals surface area contributed by atoms with Crippen molar-refractivity contribution in [3.8, 4) is 5.75 Å². The number of nitrogens with zero attached hydrogens (tertiary/aromatic N) is 2. The van der Waals surface area contributed by atoms with Crippen LogP contribution in [-0.4, -0.2) is 93.4 Å². The molecule has 0 fully saturated rings. The monoisotopic (exact) mass is 478 g/mol. The Kier molecular flexibility index (Phi) is 10.1. The van der Waals surface area contributed by atoms with Crippen LogP contribution in [0.15, 0.2) is 18.2 Å². The lowest BCUT2D eigenvalue weighted by Gasteiger charge is -2.36. The summed E-state index contributed by atoms with van der Waals surface area (Å²) in [4.78, 5) is 41.5. The Bertz CT molecular complexity index is 862. The third-order valence-electron chi connectivity index (χ3n) is 5.71. The molecule has 190 valence electrons. The van der Waals surface area contributed by atoms with E-state index < -0.39 is 0 Å². The first-order valence-corrected chi connectivity index (χ1v) is 11.5. The zero-order valence-electron chi connectivity index (χ0n) is 21.2. The van der Waals surface area contributed by atoms with Gasteiger partial charge in [0.1, 0.15) is 19.0 Å². The van der Waals surface area contributed by atoms with E-state index in [1.807, 2.05) is 27.7 Å². The second kappa shape index (κ2) is 12.6. The van der Waals surface area contributed by atoms with Crippen LogP contribution >= 0.6 is 0 Å². The molecule has 1 aliphatic rings. The Morgan fingerprint density at radius 3 is 2.53 bits per heavy atom. The molecule has 2 N–H and O–H groups in total. The highest BCUT2D eigenvalue weighted by Crippen LogP contribution is 2.26. The van der Waals surface area contributed by atoms with E-state index in [9.17, 15) is 14.4 Å². The molecule has 0 radical (unpaired) electrons. The molecule has 0 saturated carbocycles. The molecule has 1 aliphatic heterocycles. The maximum Gasteiger partial charge on any atom is 0.319 e. The summed E-state index contributed by atoms with van der Waals surface area (Å²) >= 11 is 0. The molecule has 10 nitrogen and oxygen atoms in total. The first-order valence-electron chi connectivity index (χ1n) is 11.5. The van der Waals surface area contributed by atoms with Crippen LogP contribution in [0.1, 0.15) is 38.1 Å². The summed E-state index contributed by atoms with van der Waals surface area (Å²) in [5.41, 5.74) is 0.783. The van der Waals surface area contributed by atoms with E-state index in [1.165, 1.54) is 7.11 Å². The molecule has 10 heteroatoms. The van der Waals surface area contributed by atoms with E-state index in [1.54, 1.807) is 42.2 Å². The molecule has 1 aromatic rings. The van der Waals surface area contributed by atoms with Crippen molar-refractivity contribution < 1.29 is 28.6 Å². The molecule has 34 heavy (non-hydrogen) atoms. The summed E-state index contributed by atoms with van der Waals surface area (Å²) in [6, 6.07) is 4.28. The molecule has 0 aliphatic carbocycles. The Hall–Kier alpha value is -2.85. The molecule has 3 atom stereocenters. The van der Waals surface area contributed by atoms with Crippen molar-refractivity contribution in [3.05, 3.63) is 23.8 Å². The average molecular weight is 479 g/mol. The lowest BCUT2D eigenvalue weighted by Crippen LogP contribution is -2.49. The van der Waals surface area contributed by atoms with E-state index >= 15 is 0 Å². The third kappa shape index (κ3) is 7.33. The fraction of sp³-hybridized carbons (Fsp3) is 0.625. The van der Waals surface area contributed by atoms with Gasteiger partial charge in [-0.2, -0.15) is 0 Å². The second-order valence-electron chi connectivity index (χ2n) is 9.04. The van der Waals surface area contributed by atoms with Gasteiger partial charge in [-0.15, -0.1) is 0 Å². The molecule has 0 spiro atoms. The number of methoxy groups -OCH3 is 2. The predicted molar refractivity (Wildman–Crippen MR) is 129 cm³/mol. The highest BCUT2D eigenvalue weighted by atomic mass is 16.5. The van der Waals surface area contributed by atoms with Crippen LogP contribution in [0.4, 0.5) is 10.5 Å². The maximum atomic E-state index is 13.4. The number of likely N-dealkylation sites (N-methyl/N-ethyl adjacent to an activating group) is 1. The first kappa shape index (κ1) is 27.4. The van der Waals surface area contributed by atoms with Gasteiger partial charge in [0.05, 0.1) is 17.7 Å². The standard InChI is InChI=1S/C24H38N4O6/c1-15(2)25-24(31)26-18-8-9-20-19(10-18)23(30)27(5)12-21(33-7)16(3)11-28(17(4)13-34-20)22(29)14-32-6/h8-10,15-17,21H,11-14H2,1-7H3,(H2,25,26,31)/t16-,17+,21+/m0/s1. The smallest absolute Gasteiger partial charge is 0.319 e. The number of amides is 4. The van der Waals surface area contributed by atoms with Gasteiger partial charge in [-0.05, 0) is 39.0 Å². The Labute approximate surface area is 201 Å². The number of ether oxygens (including phenoxy) is 3.